The SMILES string of the molecule is Cc1ccc(C(=O)C(C)(C)OC(=O)/C=C/c2ccccc2)cc1. The van der Waals surface area contributed by atoms with Crippen molar-refractivity contribution in [1.82, 2.24) is 0 Å². The van der Waals surface area contributed by atoms with Crippen LogP contribution < -0.4 is 0 Å². The van der Waals surface area contributed by atoms with E-state index in [1.54, 1.807) is 32.1 Å². The zero-order valence-corrected chi connectivity index (χ0v) is 13.6. The van der Waals surface area contributed by atoms with Crippen LogP contribution in [0.15, 0.2) is 60.7 Å². The number of carbonyl (C=O) groups is 2. The summed E-state index contributed by atoms with van der Waals surface area (Å²) < 4.78 is 5.33. The Kier molecular flexibility index (Phi) is 5.12. The molecule has 0 atom stereocenters. The van der Waals surface area contributed by atoms with Crippen molar-refractivity contribution >= 4 is 17.8 Å². The van der Waals surface area contributed by atoms with E-state index in [1.807, 2.05) is 49.4 Å². The highest BCUT2D eigenvalue weighted by atomic mass is 16.6. The summed E-state index contributed by atoms with van der Waals surface area (Å²) in [6.45, 7) is 5.15. The van der Waals surface area contributed by atoms with Gasteiger partial charge in [0.15, 0.2) is 5.60 Å². The molecule has 0 heterocycles. The van der Waals surface area contributed by atoms with Crippen molar-refractivity contribution in [2.24, 2.45) is 0 Å². The molecule has 0 spiro atoms. The zero-order chi connectivity index (χ0) is 16.9. The van der Waals surface area contributed by atoms with Crippen molar-refractivity contribution in [1.29, 1.82) is 0 Å². The lowest BCUT2D eigenvalue weighted by Gasteiger charge is -2.23. The summed E-state index contributed by atoms with van der Waals surface area (Å²) in [4.78, 5) is 24.4. The Bertz CT molecular complexity index is 710. The molecule has 0 radical (unpaired) electrons. The van der Waals surface area contributed by atoms with E-state index in [2.05, 4.69) is 0 Å². The average molecular weight is 308 g/mol. The van der Waals surface area contributed by atoms with E-state index in [9.17, 15) is 9.59 Å². The molecule has 0 unspecified atom stereocenters. The Balaban J connectivity index is 2.05. The van der Waals surface area contributed by atoms with Crippen LogP contribution in [0.2, 0.25) is 0 Å². The van der Waals surface area contributed by atoms with E-state index >= 15 is 0 Å². The predicted molar refractivity (Wildman–Crippen MR) is 91.2 cm³/mol. The van der Waals surface area contributed by atoms with Gasteiger partial charge in [-0.1, -0.05) is 60.2 Å². The van der Waals surface area contributed by atoms with Gasteiger partial charge in [-0.3, -0.25) is 4.79 Å². The lowest BCUT2D eigenvalue weighted by Crippen LogP contribution is -2.36. The van der Waals surface area contributed by atoms with Gasteiger partial charge in [0.25, 0.3) is 0 Å². The summed E-state index contributed by atoms with van der Waals surface area (Å²) >= 11 is 0. The van der Waals surface area contributed by atoms with Crippen molar-refractivity contribution in [3.05, 3.63) is 77.4 Å². The van der Waals surface area contributed by atoms with Gasteiger partial charge in [0.2, 0.25) is 5.78 Å². The smallest absolute Gasteiger partial charge is 0.331 e. The lowest BCUT2D eigenvalue weighted by molar-refractivity contribution is -0.146. The monoisotopic (exact) mass is 308 g/mol. The van der Waals surface area contributed by atoms with Gasteiger partial charge in [-0.15, -0.1) is 0 Å². The van der Waals surface area contributed by atoms with Gasteiger partial charge in [0.1, 0.15) is 0 Å². The summed E-state index contributed by atoms with van der Waals surface area (Å²) in [6.07, 6.45) is 2.99. The number of benzene rings is 2. The number of hydrogen-bond donors (Lipinski definition) is 0. The standard InChI is InChI=1S/C20H20O3/c1-15-9-12-17(13-10-15)19(22)20(2,3)23-18(21)14-11-16-7-5-4-6-8-16/h4-14H,1-3H3/b14-11+. The van der Waals surface area contributed by atoms with Crippen molar-refractivity contribution in [3.8, 4) is 0 Å². The third kappa shape index (κ3) is 4.65. The summed E-state index contributed by atoms with van der Waals surface area (Å²) in [7, 11) is 0. The van der Waals surface area contributed by atoms with Crippen LogP contribution in [-0.2, 0) is 9.53 Å². The Morgan fingerprint density at radius 3 is 2.17 bits per heavy atom. The van der Waals surface area contributed by atoms with Crippen LogP contribution in [0.1, 0.15) is 35.3 Å². The number of rotatable bonds is 5. The first-order chi connectivity index (χ1) is 10.9. The molecule has 0 bridgehead atoms. The zero-order valence-electron chi connectivity index (χ0n) is 13.6. The molecule has 2 aromatic carbocycles. The first-order valence-electron chi connectivity index (χ1n) is 7.46. The third-order valence-electron chi connectivity index (χ3n) is 3.43. The van der Waals surface area contributed by atoms with Crippen LogP contribution >= 0.6 is 0 Å². The predicted octanol–water partition coefficient (Wildman–Crippen LogP) is 4.21. The Labute approximate surface area is 136 Å². The van der Waals surface area contributed by atoms with E-state index in [1.165, 1.54) is 6.08 Å². The largest absolute Gasteiger partial charge is 0.448 e. The van der Waals surface area contributed by atoms with E-state index < -0.39 is 11.6 Å². The normalized spacial score (nSPS) is 11.4. The van der Waals surface area contributed by atoms with Crippen LogP contribution in [0.4, 0.5) is 0 Å². The van der Waals surface area contributed by atoms with E-state index in [4.69, 9.17) is 4.74 Å². The molecule has 0 saturated heterocycles. The highest BCUT2D eigenvalue weighted by Gasteiger charge is 2.32. The van der Waals surface area contributed by atoms with Crippen LogP contribution in [-0.4, -0.2) is 17.4 Å². The first-order valence-corrected chi connectivity index (χ1v) is 7.46. The average Bonchev–Trinajstić information content (AvgIpc) is 2.53. The fraction of sp³-hybridized carbons (Fsp3) is 0.200. The number of ether oxygens (including phenoxy) is 1. The van der Waals surface area contributed by atoms with Gasteiger partial charge in [0, 0.05) is 11.6 Å². The van der Waals surface area contributed by atoms with Gasteiger partial charge in [-0.2, -0.15) is 0 Å². The van der Waals surface area contributed by atoms with Gasteiger partial charge in [0.05, 0.1) is 0 Å². The minimum Gasteiger partial charge on any atom is -0.448 e. The van der Waals surface area contributed by atoms with E-state index in [0.29, 0.717) is 5.56 Å². The van der Waals surface area contributed by atoms with Crippen LogP contribution in [0.25, 0.3) is 6.08 Å². The lowest BCUT2D eigenvalue weighted by atomic mass is 9.96. The third-order valence-corrected chi connectivity index (χ3v) is 3.43. The maximum Gasteiger partial charge on any atom is 0.331 e. The molecule has 23 heavy (non-hydrogen) atoms. The summed E-state index contributed by atoms with van der Waals surface area (Å²) in [5.74, 6) is -0.765. The Morgan fingerprint density at radius 2 is 1.57 bits per heavy atom. The molecule has 0 amide bonds. The minimum atomic E-state index is -1.21. The number of hydrogen-bond acceptors (Lipinski definition) is 3. The van der Waals surface area contributed by atoms with Crippen molar-refractivity contribution < 1.29 is 14.3 Å². The molecule has 2 aromatic rings. The van der Waals surface area contributed by atoms with Crippen LogP contribution in [0, 0.1) is 6.92 Å². The summed E-state index contributed by atoms with van der Waals surface area (Å²) in [6, 6.07) is 16.6. The fourth-order valence-electron chi connectivity index (χ4n) is 2.11. The Morgan fingerprint density at radius 1 is 0.957 bits per heavy atom. The molecular weight excluding hydrogens is 288 g/mol. The second-order valence-corrected chi connectivity index (χ2v) is 5.87. The highest BCUT2D eigenvalue weighted by Crippen LogP contribution is 2.18. The topological polar surface area (TPSA) is 43.4 Å². The number of ketones is 1. The number of carbonyl (C=O) groups excluding carboxylic acids is 2. The molecular formula is C20H20O3. The molecule has 3 heteroatoms. The molecule has 0 saturated carbocycles. The molecule has 118 valence electrons. The van der Waals surface area contributed by atoms with Crippen molar-refractivity contribution in [2.45, 2.75) is 26.4 Å². The van der Waals surface area contributed by atoms with Crippen LogP contribution in [0.5, 0.6) is 0 Å². The summed E-state index contributed by atoms with van der Waals surface area (Å²) in [5, 5.41) is 0. The van der Waals surface area contributed by atoms with Crippen molar-refractivity contribution in [3.63, 3.8) is 0 Å². The first kappa shape index (κ1) is 16.7. The molecule has 0 aliphatic heterocycles. The molecule has 0 N–H and O–H groups in total. The van der Waals surface area contributed by atoms with Gasteiger partial charge in [-0.05, 0) is 32.4 Å². The molecule has 0 aromatic heterocycles. The Hall–Kier alpha value is -2.68. The molecule has 3 nitrogen and oxygen atoms in total. The second-order valence-electron chi connectivity index (χ2n) is 5.87. The number of Topliss-reactive ketones (excluding diaryl/α,β-unsaturated/α-hetero) is 1. The van der Waals surface area contributed by atoms with Crippen molar-refractivity contribution in [2.75, 3.05) is 0 Å². The minimum absolute atomic E-state index is 0.223. The van der Waals surface area contributed by atoms with Gasteiger partial charge in [-0.25, -0.2) is 4.79 Å². The van der Waals surface area contributed by atoms with E-state index in [-0.39, 0.29) is 5.78 Å². The maximum absolute atomic E-state index is 12.5. The number of aryl methyl sites for hydroxylation is 1. The van der Waals surface area contributed by atoms with E-state index in [0.717, 1.165) is 11.1 Å². The quantitative estimate of drug-likeness (QED) is 0.472. The highest BCUT2D eigenvalue weighted by molar-refractivity contribution is 6.03. The molecule has 2 rings (SSSR count). The summed E-state index contributed by atoms with van der Waals surface area (Å²) in [5.41, 5.74) is 1.28. The van der Waals surface area contributed by atoms with Gasteiger partial charge < -0.3 is 4.74 Å². The fourth-order valence-corrected chi connectivity index (χ4v) is 2.11. The number of esters is 1. The molecule has 0 aliphatic carbocycles. The molecule has 0 fully saturated rings. The van der Waals surface area contributed by atoms with Crippen LogP contribution in [0.3, 0.4) is 0 Å². The van der Waals surface area contributed by atoms with Gasteiger partial charge >= 0.3 is 5.97 Å². The molecule has 0 aliphatic rings. The maximum atomic E-state index is 12.5. The second kappa shape index (κ2) is 7.05.